The third kappa shape index (κ3) is 5.34. The smallest absolute Gasteiger partial charge is 0.227 e. The standard InChI is InChI=1S/C46H28N4OS/c1-4-13-29(14-5-1)35-21-11-23-37-38-24-12-22-36(42(38)52-41(35)37)32-19-10-20-34(27-32)46-47-39-28-33(25-26-40(39)51-46)45-49-43(30-15-6-2-7-16-30)48-44(50-45)31-17-8-3-9-18-31/h1-28H. The first-order valence-electron chi connectivity index (χ1n) is 17.1. The maximum Gasteiger partial charge on any atom is 0.227 e. The van der Waals surface area contributed by atoms with Crippen molar-refractivity contribution in [2.75, 3.05) is 0 Å². The van der Waals surface area contributed by atoms with E-state index >= 15 is 0 Å². The van der Waals surface area contributed by atoms with E-state index in [9.17, 15) is 0 Å². The quantitative estimate of drug-likeness (QED) is 0.174. The predicted octanol–water partition coefficient (Wildman–Crippen LogP) is 12.4. The van der Waals surface area contributed by atoms with E-state index < -0.39 is 0 Å². The van der Waals surface area contributed by atoms with Gasteiger partial charge in [0.05, 0.1) is 0 Å². The zero-order valence-corrected chi connectivity index (χ0v) is 28.6. The van der Waals surface area contributed by atoms with E-state index in [4.69, 9.17) is 24.4 Å². The van der Waals surface area contributed by atoms with Crippen LogP contribution in [0.4, 0.5) is 0 Å². The first-order valence-corrected chi connectivity index (χ1v) is 18.0. The molecule has 3 aromatic heterocycles. The van der Waals surface area contributed by atoms with Crippen LogP contribution in [-0.4, -0.2) is 19.9 Å². The minimum atomic E-state index is 0.564. The molecule has 0 aliphatic rings. The monoisotopic (exact) mass is 684 g/mol. The molecule has 52 heavy (non-hydrogen) atoms. The second-order valence-corrected chi connectivity index (χ2v) is 13.7. The second kappa shape index (κ2) is 12.5. The molecule has 5 nitrogen and oxygen atoms in total. The molecular formula is C46H28N4OS. The van der Waals surface area contributed by atoms with E-state index in [1.165, 1.54) is 36.9 Å². The molecule has 0 spiro atoms. The van der Waals surface area contributed by atoms with Gasteiger partial charge >= 0.3 is 0 Å². The van der Waals surface area contributed by atoms with Gasteiger partial charge in [-0.1, -0.05) is 140 Å². The average Bonchev–Trinajstić information content (AvgIpc) is 3.83. The predicted molar refractivity (Wildman–Crippen MR) is 213 cm³/mol. The Morgan fingerprint density at radius 1 is 0.365 bits per heavy atom. The molecule has 10 aromatic rings. The Morgan fingerprint density at radius 3 is 1.48 bits per heavy atom. The van der Waals surface area contributed by atoms with Gasteiger partial charge < -0.3 is 4.42 Å². The molecule has 7 aromatic carbocycles. The summed E-state index contributed by atoms with van der Waals surface area (Å²) in [6, 6.07) is 58.2. The molecule has 0 N–H and O–H groups in total. The van der Waals surface area contributed by atoms with Crippen LogP contribution in [-0.2, 0) is 0 Å². The van der Waals surface area contributed by atoms with Crippen LogP contribution in [0.1, 0.15) is 0 Å². The highest BCUT2D eigenvalue weighted by molar-refractivity contribution is 7.26. The summed E-state index contributed by atoms with van der Waals surface area (Å²) in [6.45, 7) is 0. The average molecular weight is 685 g/mol. The van der Waals surface area contributed by atoms with Crippen molar-refractivity contribution < 1.29 is 4.42 Å². The molecule has 0 saturated carbocycles. The number of aromatic nitrogens is 4. The lowest BCUT2D eigenvalue weighted by Crippen LogP contribution is -2.00. The molecule has 0 radical (unpaired) electrons. The molecule has 0 aliphatic heterocycles. The topological polar surface area (TPSA) is 64.7 Å². The fourth-order valence-corrected chi connectivity index (χ4v) is 8.21. The number of thiophene rings is 1. The number of nitrogens with zero attached hydrogens (tertiary/aromatic N) is 4. The summed E-state index contributed by atoms with van der Waals surface area (Å²) < 4.78 is 8.92. The zero-order valence-electron chi connectivity index (χ0n) is 27.8. The largest absolute Gasteiger partial charge is 0.436 e. The van der Waals surface area contributed by atoms with Crippen molar-refractivity contribution in [3.05, 3.63) is 170 Å². The Hall–Kier alpha value is -6.76. The maximum atomic E-state index is 6.36. The van der Waals surface area contributed by atoms with Gasteiger partial charge in [-0.05, 0) is 52.6 Å². The number of hydrogen-bond donors (Lipinski definition) is 0. The van der Waals surface area contributed by atoms with Crippen molar-refractivity contribution in [1.82, 2.24) is 19.9 Å². The number of oxazole rings is 1. The van der Waals surface area contributed by atoms with Gasteiger partial charge in [-0.2, -0.15) is 0 Å². The molecule has 0 fully saturated rings. The highest BCUT2D eigenvalue weighted by atomic mass is 32.1. The van der Waals surface area contributed by atoms with E-state index in [2.05, 4.69) is 91.0 Å². The molecular weight excluding hydrogens is 657 g/mol. The Balaban J connectivity index is 1.04. The van der Waals surface area contributed by atoms with Crippen LogP contribution in [0.3, 0.4) is 0 Å². The summed E-state index contributed by atoms with van der Waals surface area (Å²) in [5.74, 6) is 2.38. The summed E-state index contributed by atoms with van der Waals surface area (Å²) >= 11 is 1.85. The van der Waals surface area contributed by atoms with Gasteiger partial charge in [0.1, 0.15) is 5.52 Å². The van der Waals surface area contributed by atoms with E-state index in [0.717, 1.165) is 33.3 Å². The van der Waals surface area contributed by atoms with Crippen LogP contribution < -0.4 is 0 Å². The summed E-state index contributed by atoms with van der Waals surface area (Å²) in [7, 11) is 0. The summed E-state index contributed by atoms with van der Waals surface area (Å²) in [5.41, 5.74) is 9.83. The fourth-order valence-electron chi connectivity index (χ4n) is 6.84. The van der Waals surface area contributed by atoms with Crippen LogP contribution in [0.5, 0.6) is 0 Å². The summed E-state index contributed by atoms with van der Waals surface area (Å²) in [4.78, 5) is 19.6. The molecule has 10 rings (SSSR count). The van der Waals surface area contributed by atoms with Gasteiger partial charge in [-0.25, -0.2) is 19.9 Å². The molecule has 0 saturated heterocycles. The number of fused-ring (bicyclic) bond motifs is 4. The number of hydrogen-bond acceptors (Lipinski definition) is 6. The Morgan fingerprint density at radius 2 is 0.865 bits per heavy atom. The molecule has 0 aliphatic carbocycles. The zero-order chi connectivity index (χ0) is 34.4. The van der Waals surface area contributed by atoms with Crippen LogP contribution in [0.15, 0.2) is 174 Å². The third-order valence-corrected chi connectivity index (χ3v) is 10.7. The lowest BCUT2D eigenvalue weighted by molar-refractivity contribution is 0.620. The van der Waals surface area contributed by atoms with Crippen molar-refractivity contribution in [3.8, 4) is 67.9 Å². The molecule has 0 bridgehead atoms. The SMILES string of the molecule is c1ccc(-c2nc(-c3ccccc3)nc(-c3ccc4oc(-c5cccc(-c6cccc7c6sc6c(-c8ccccc8)cccc67)c5)nc4c3)n2)cc1. The van der Waals surface area contributed by atoms with Crippen molar-refractivity contribution in [1.29, 1.82) is 0 Å². The number of benzene rings is 7. The molecule has 244 valence electrons. The third-order valence-electron chi connectivity index (χ3n) is 9.37. The number of rotatable bonds is 6. The molecule has 0 unspecified atom stereocenters. The van der Waals surface area contributed by atoms with Crippen LogP contribution in [0, 0.1) is 0 Å². The van der Waals surface area contributed by atoms with Crippen molar-refractivity contribution >= 4 is 42.6 Å². The first-order chi connectivity index (χ1) is 25.7. The van der Waals surface area contributed by atoms with Crippen molar-refractivity contribution in [2.24, 2.45) is 0 Å². The van der Waals surface area contributed by atoms with E-state index in [-0.39, 0.29) is 0 Å². The highest BCUT2D eigenvalue weighted by Gasteiger charge is 2.17. The molecule has 3 heterocycles. The lowest BCUT2D eigenvalue weighted by Gasteiger charge is -2.08. The van der Waals surface area contributed by atoms with E-state index in [1.54, 1.807) is 0 Å². The minimum absolute atomic E-state index is 0.564. The maximum absolute atomic E-state index is 6.36. The minimum Gasteiger partial charge on any atom is -0.436 e. The Labute approximate surface area is 303 Å². The van der Waals surface area contributed by atoms with Crippen molar-refractivity contribution in [2.45, 2.75) is 0 Å². The normalized spacial score (nSPS) is 11.5. The van der Waals surface area contributed by atoms with E-state index in [1.807, 2.05) is 90.2 Å². The van der Waals surface area contributed by atoms with E-state index in [0.29, 0.717) is 28.9 Å². The van der Waals surface area contributed by atoms with Crippen LogP contribution in [0.25, 0.3) is 99.1 Å². The fraction of sp³-hybridized carbons (Fsp3) is 0. The van der Waals surface area contributed by atoms with Gasteiger partial charge in [-0.15, -0.1) is 11.3 Å². The molecule has 6 heteroatoms. The molecule has 0 atom stereocenters. The van der Waals surface area contributed by atoms with Crippen LogP contribution >= 0.6 is 11.3 Å². The van der Waals surface area contributed by atoms with Gasteiger partial charge in [0.2, 0.25) is 5.89 Å². The highest BCUT2D eigenvalue weighted by Crippen LogP contribution is 2.44. The molecule has 0 amide bonds. The van der Waals surface area contributed by atoms with Gasteiger partial charge in [0.15, 0.2) is 23.1 Å². The lowest BCUT2D eigenvalue weighted by atomic mass is 9.99. The summed E-state index contributed by atoms with van der Waals surface area (Å²) in [6.07, 6.45) is 0. The Kier molecular flexibility index (Phi) is 7.25. The van der Waals surface area contributed by atoms with Gasteiger partial charge in [0.25, 0.3) is 0 Å². The second-order valence-electron chi connectivity index (χ2n) is 12.7. The Bertz CT molecular complexity index is 2840. The summed E-state index contributed by atoms with van der Waals surface area (Å²) in [5, 5.41) is 2.54. The van der Waals surface area contributed by atoms with Crippen molar-refractivity contribution in [3.63, 3.8) is 0 Å². The first kappa shape index (κ1) is 30.1. The van der Waals surface area contributed by atoms with Gasteiger partial charge in [0, 0.05) is 42.4 Å². The van der Waals surface area contributed by atoms with Gasteiger partial charge in [-0.3, -0.25) is 0 Å². The van der Waals surface area contributed by atoms with Crippen LogP contribution in [0.2, 0.25) is 0 Å².